The van der Waals surface area contributed by atoms with Gasteiger partial charge in [-0.05, 0) is 44.2 Å². The first-order valence-corrected chi connectivity index (χ1v) is 12.0. The zero-order valence-corrected chi connectivity index (χ0v) is 19.6. The van der Waals surface area contributed by atoms with E-state index in [0.717, 1.165) is 60.9 Å². The van der Waals surface area contributed by atoms with Crippen molar-refractivity contribution in [2.75, 3.05) is 31.1 Å². The lowest BCUT2D eigenvalue weighted by Gasteiger charge is -2.32. The van der Waals surface area contributed by atoms with Crippen LogP contribution >= 0.6 is 0 Å². The van der Waals surface area contributed by atoms with Crippen molar-refractivity contribution in [2.45, 2.75) is 44.9 Å². The molecular formula is C26H32N6O. The van der Waals surface area contributed by atoms with Crippen molar-refractivity contribution >= 4 is 11.9 Å². The van der Waals surface area contributed by atoms with E-state index in [4.69, 9.17) is 10.1 Å². The Kier molecular flexibility index (Phi) is 6.11. The van der Waals surface area contributed by atoms with Crippen molar-refractivity contribution in [3.8, 4) is 11.3 Å². The van der Waals surface area contributed by atoms with E-state index >= 15 is 0 Å². The lowest BCUT2D eigenvalue weighted by molar-refractivity contribution is -0.131. The third-order valence-corrected chi connectivity index (χ3v) is 6.76. The molecule has 0 spiro atoms. The zero-order chi connectivity index (χ0) is 22.8. The Balaban J connectivity index is 1.36. The van der Waals surface area contributed by atoms with Gasteiger partial charge in [0, 0.05) is 57.1 Å². The number of likely N-dealkylation sites (tertiary alicyclic amines) is 1. The summed E-state index contributed by atoms with van der Waals surface area (Å²) in [6.07, 6.45) is 8.77. The third kappa shape index (κ3) is 4.77. The summed E-state index contributed by atoms with van der Waals surface area (Å²) in [5, 5.41) is 4.83. The molecule has 5 rings (SSSR count). The molecule has 1 atom stereocenters. The van der Waals surface area contributed by atoms with Gasteiger partial charge in [-0.2, -0.15) is 5.10 Å². The van der Waals surface area contributed by atoms with Crippen molar-refractivity contribution in [1.82, 2.24) is 24.6 Å². The van der Waals surface area contributed by atoms with Crippen LogP contribution in [0.25, 0.3) is 11.3 Å². The molecule has 2 fully saturated rings. The van der Waals surface area contributed by atoms with Crippen LogP contribution in [0.15, 0.2) is 42.7 Å². The Hall–Kier alpha value is -3.22. The number of carbonyl (C=O) groups excluding carboxylic acids is 1. The van der Waals surface area contributed by atoms with E-state index in [2.05, 4.69) is 35.1 Å². The predicted octanol–water partition coefficient (Wildman–Crippen LogP) is 3.73. The number of rotatable bonds is 5. The third-order valence-electron chi connectivity index (χ3n) is 6.76. The van der Waals surface area contributed by atoms with Crippen molar-refractivity contribution in [1.29, 1.82) is 0 Å². The molecule has 2 aliphatic heterocycles. The molecule has 7 nitrogen and oxygen atoms in total. The molecule has 7 heteroatoms. The topological polar surface area (TPSA) is 67.2 Å². The maximum Gasteiger partial charge on any atom is 0.227 e. The van der Waals surface area contributed by atoms with Crippen LogP contribution < -0.4 is 4.90 Å². The van der Waals surface area contributed by atoms with Crippen molar-refractivity contribution in [3.05, 3.63) is 59.5 Å². The molecule has 1 aromatic carbocycles. The van der Waals surface area contributed by atoms with Gasteiger partial charge >= 0.3 is 0 Å². The van der Waals surface area contributed by atoms with Gasteiger partial charge in [0.2, 0.25) is 11.9 Å². The van der Waals surface area contributed by atoms with Crippen molar-refractivity contribution in [3.63, 3.8) is 0 Å². The monoisotopic (exact) mass is 444 g/mol. The SMILES string of the molecule is Cc1cccc(CC(=O)N2CCCC(c3nn(C)cc3-c3ccnc(N4CCCC4)n3)C2)c1. The van der Waals surface area contributed by atoms with Gasteiger partial charge < -0.3 is 9.80 Å². The average Bonchev–Trinajstić information content (AvgIpc) is 3.49. The van der Waals surface area contributed by atoms with Crippen LogP contribution in [0, 0.1) is 6.92 Å². The first-order chi connectivity index (χ1) is 16.1. The Morgan fingerprint density at radius 1 is 1.12 bits per heavy atom. The minimum Gasteiger partial charge on any atom is -0.342 e. The quantitative estimate of drug-likeness (QED) is 0.600. The number of piperidine rings is 1. The molecule has 1 unspecified atom stereocenters. The highest BCUT2D eigenvalue weighted by Gasteiger charge is 2.29. The number of hydrogen-bond acceptors (Lipinski definition) is 5. The molecule has 0 bridgehead atoms. The van der Waals surface area contributed by atoms with Gasteiger partial charge in [0.25, 0.3) is 0 Å². The Morgan fingerprint density at radius 3 is 2.79 bits per heavy atom. The molecule has 2 saturated heterocycles. The van der Waals surface area contributed by atoms with Gasteiger partial charge in [-0.1, -0.05) is 29.8 Å². The molecule has 33 heavy (non-hydrogen) atoms. The first kappa shape index (κ1) is 21.6. The summed E-state index contributed by atoms with van der Waals surface area (Å²) < 4.78 is 1.87. The van der Waals surface area contributed by atoms with E-state index in [9.17, 15) is 4.79 Å². The summed E-state index contributed by atoms with van der Waals surface area (Å²) in [5.74, 6) is 1.21. The van der Waals surface area contributed by atoms with Gasteiger partial charge in [0.05, 0.1) is 17.8 Å². The van der Waals surface area contributed by atoms with E-state index < -0.39 is 0 Å². The summed E-state index contributed by atoms with van der Waals surface area (Å²) in [4.78, 5) is 26.8. The molecule has 2 aliphatic rings. The highest BCUT2D eigenvalue weighted by Crippen LogP contribution is 2.33. The van der Waals surface area contributed by atoms with Crippen LogP contribution in [0.2, 0.25) is 0 Å². The van der Waals surface area contributed by atoms with Gasteiger partial charge in [-0.25, -0.2) is 9.97 Å². The smallest absolute Gasteiger partial charge is 0.227 e. The molecular weight excluding hydrogens is 412 g/mol. The summed E-state index contributed by atoms with van der Waals surface area (Å²) >= 11 is 0. The normalized spacial score (nSPS) is 18.7. The summed E-state index contributed by atoms with van der Waals surface area (Å²) in [5.41, 5.74) is 5.28. The van der Waals surface area contributed by atoms with Crippen LogP contribution in [0.1, 0.15) is 48.4 Å². The first-order valence-electron chi connectivity index (χ1n) is 12.0. The van der Waals surface area contributed by atoms with Crippen LogP contribution in [0.3, 0.4) is 0 Å². The fourth-order valence-electron chi connectivity index (χ4n) is 5.11. The summed E-state index contributed by atoms with van der Waals surface area (Å²) in [6.45, 7) is 5.62. The highest BCUT2D eigenvalue weighted by atomic mass is 16.2. The number of aryl methyl sites for hydroxylation is 2. The van der Waals surface area contributed by atoms with E-state index in [1.54, 1.807) is 0 Å². The fraction of sp³-hybridized carbons (Fsp3) is 0.462. The number of amides is 1. The lowest BCUT2D eigenvalue weighted by atomic mass is 9.91. The minimum atomic E-state index is 0.195. The van der Waals surface area contributed by atoms with Crippen LogP contribution in [-0.2, 0) is 18.3 Å². The van der Waals surface area contributed by atoms with Crippen LogP contribution in [0.4, 0.5) is 5.95 Å². The largest absolute Gasteiger partial charge is 0.342 e. The molecule has 172 valence electrons. The molecule has 1 amide bonds. The number of hydrogen-bond donors (Lipinski definition) is 0. The van der Waals surface area contributed by atoms with Crippen LogP contribution in [0.5, 0.6) is 0 Å². The van der Waals surface area contributed by atoms with Gasteiger partial charge in [0.15, 0.2) is 0 Å². The zero-order valence-electron chi connectivity index (χ0n) is 19.6. The molecule has 0 saturated carbocycles. The van der Waals surface area contributed by atoms with E-state index in [0.29, 0.717) is 13.0 Å². The second-order valence-electron chi connectivity index (χ2n) is 9.38. The van der Waals surface area contributed by atoms with Crippen molar-refractivity contribution < 1.29 is 4.79 Å². The van der Waals surface area contributed by atoms with Crippen LogP contribution in [-0.4, -0.2) is 56.7 Å². The maximum atomic E-state index is 13.1. The second-order valence-corrected chi connectivity index (χ2v) is 9.38. The average molecular weight is 445 g/mol. The summed E-state index contributed by atoms with van der Waals surface area (Å²) in [6, 6.07) is 10.2. The standard InChI is InChI=1S/C26H32N6O/c1-19-7-5-8-20(15-19)16-24(33)32-14-6-9-21(17-32)25-22(18-30(2)29-25)23-10-11-27-26(28-23)31-12-3-4-13-31/h5,7-8,10-11,15,18,21H,3-4,6,9,12-14,16-17H2,1-2H3. The molecule has 0 radical (unpaired) electrons. The molecule has 0 N–H and O–H groups in total. The van der Waals surface area contributed by atoms with E-state index in [-0.39, 0.29) is 11.8 Å². The van der Waals surface area contributed by atoms with Gasteiger partial charge in [-0.15, -0.1) is 0 Å². The van der Waals surface area contributed by atoms with E-state index in [1.807, 2.05) is 41.0 Å². The highest BCUT2D eigenvalue weighted by molar-refractivity contribution is 5.79. The summed E-state index contributed by atoms with van der Waals surface area (Å²) in [7, 11) is 1.96. The van der Waals surface area contributed by atoms with Crippen molar-refractivity contribution in [2.24, 2.45) is 7.05 Å². The number of anilines is 1. The number of nitrogens with zero attached hydrogens (tertiary/aromatic N) is 6. The van der Waals surface area contributed by atoms with Gasteiger partial charge in [0.1, 0.15) is 0 Å². The second kappa shape index (κ2) is 9.33. The van der Waals surface area contributed by atoms with Gasteiger partial charge in [-0.3, -0.25) is 9.48 Å². The number of aromatic nitrogens is 4. The molecule has 3 aromatic rings. The predicted molar refractivity (Wildman–Crippen MR) is 129 cm³/mol. The maximum absolute atomic E-state index is 13.1. The lowest BCUT2D eigenvalue weighted by Crippen LogP contribution is -2.40. The minimum absolute atomic E-state index is 0.195. The number of benzene rings is 1. The van der Waals surface area contributed by atoms with E-state index in [1.165, 1.54) is 18.4 Å². The fourth-order valence-corrected chi connectivity index (χ4v) is 5.11. The Bertz CT molecular complexity index is 1130. The molecule has 0 aliphatic carbocycles. The molecule has 4 heterocycles. The molecule has 2 aromatic heterocycles. The Labute approximate surface area is 195 Å². The Morgan fingerprint density at radius 2 is 1.97 bits per heavy atom. The number of carbonyl (C=O) groups is 1.